The summed E-state index contributed by atoms with van der Waals surface area (Å²) in [4.78, 5) is 5.32. The zero-order valence-corrected chi connectivity index (χ0v) is 7.56. The highest BCUT2D eigenvalue weighted by Crippen LogP contribution is 2.19. The first-order chi connectivity index (χ1) is 5.38. The average molecular weight is 165 g/mol. The number of hydrogen-bond acceptors (Lipinski definition) is 2. The molecule has 0 fully saturated rings. The fourth-order valence-electron chi connectivity index (χ4n) is 0.885. The first-order valence-corrected chi connectivity index (χ1v) is 4.71. The molecule has 0 aliphatic rings. The molecule has 0 bridgehead atoms. The number of allylic oxidation sites excluding steroid dienone is 1. The van der Waals surface area contributed by atoms with E-state index >= 15 is 0 Å². The summed E-state index contributed by atoms with van der Waals surface area (Å²) in [5, 5.41) is 0. The third-order valence-electron chi connectivity index (χ3n) is 1.38. The van der Waals surface area contributed by atoms with Crippen LogP contribution in [0.2, 0.25) is 0 Å². The minimum atomic E-state index is 1.20. The molecule has 0 amide bonds. The van der Waals surface area contributed by atoms with Gasteiger partial charge < -0.3 is 0 Å². The Labute approximate surface area is 71.5 Å². The standard InChI is InChI=1S/C9H11NS/c1-3-4-8-7-10-6-5-9(8)11-2/h3-7H,1-2H3/b4-3+. The Morgan fingerprint density at radius 3 is 3.00 bits per heavy atom. The van der Waals surface area contributed by atoms with Crippen LogP contribution in [0.25, 0.3) is 6.08 Å². The summed E-state index contributed by atoms with van der Waals surface area (Å²) >= 11 is 1.74. The first kappa shape index (κ1) is 8.34. The van der Waals surface area contributed by atoms with Crippen LogP contribution in [0, 0.1) is 0 Å². The van der Waals surface area contributed by atoms with E-state index in [0.717, 1.165) is 0 Å². The van der Waals surface area contributed by atoms with Crippen LogP contribution in [0.1, 0.15) is 12.5 Å². The molecule has 0 N–H and O–H groups in total. The van der Waals surface area contributed by atoms with Crippen LogP contribution < -0.4 is 0 Å². The van der Waals surface area contributed by atoms with Gasteiger partial charge in [-0.2, -0.15) is 0 Å². The van der Waals surface area contributed by atoms with Crippen molar-refractivity contribution in [2.75, 3.05) is 6.26 Å². The average Bonchev–Trinajstić information content (AvgIpc) is 2.06. The monoisotopic (exact) mass is 165 g/mol. The maximum atomic E-state index is 4.05. The van der Waals surface area contributed by atoms with E-state index in [1.165, 1.54) is 10.5 Å². The number of nitrogens with zero attached hydrogens (tertiary/aromatic N) is 1. The summed E-state index contributed by atoms with van der Waals surface area (Å²) in [6.45, 7) is 2.01. The molecule has 1 aromatic heterocycles. The highest BCUT2D eigenvalue weighted by molar-refractivity contribution is 7.98. The summed E-state index contributed by atoms with van der Waals surface area (Å²) in [5.41, 5.74) is 1.20. The van der Waals surface area contributed by atoms with Crippen LogP contribution in [-0.4, -0.2) is 11.2 Å². The second-order valence-corrected chi connectivity index (χ2v) is 2.97. The zero-order chi connectivity index (χ0) is 8.10. The molecule has 0 spiro atoms. The molecule has 0 saturated heterocycles. The van der Waals surface area contributed by atoms with Gasteiger partial charge in [0.25, 0.3) is 0 Å². The summed E-state index contributed by atoms with van der Waals surface area (Å²) in [6, 6.07) is 2.03. The van der Waals surface area contributed by atoms with E-state index in [1.807, 2.05) is 31.5 Å². The van der Waals surface area contributed by atoms with Crippen molar-refractivity contribution in [3.63, 3.8) is 0 Å². The van der Waals surface area contributed by atoms with Crippen LogP contribution in [0.4, 0.5) is 0 Å². The van der Waals surface area contributed by atoms with Crippen molar-refractivity contribution >= 4 is 17.8 Å². The van der Waals surface area contributed by atoms with E-state index in [1.54, 1.807) is 11.8 Å². The maximum absolute atomic E-state index is 4.05. The van der Waals surface area contributed by atoms with Gasteiger partial charge in [0.1, 0.15) is 0 Å². The Kier molecular flexibility index (Phi) is 3.17. The quantitative estimate of drug-likeness (QED) is 0.625. The van der Waals surface area contributed by atoms with E-state index in [-0.39, 0.29) is 0 Å². The fraction of sp³-hybridized carbons (Fsp3) is 0.222. The molecule has 11 heavy (non-hydrogen) atoms. The van der Waals surface area contributed by atoms with Crippen LogP contribution in [0.3, 0.4) is 0 Å². The predicted molar refractivity (Wildman–Crippen MR) is 50.7 cm³/mol. The fourth-order valence-corrected chi connectivity index (χ4v) is 1.44. The molecule has 1 rings (SSSR count). The molecule has 0 saturated carbocycles. The molecule has 0 unspecified atom stereocenters. The second kappa shape index (κ2) is 4.19. The molecule has 0 aliphatic heterocycles. The van der Waals surface area contributed by atoms with E-state index < -0.39 is 0 Å². The highest BCUT2D eigenvalue weighted by atomic mass is 32.2. The molecule has 1 heterocycles. The molecule has 0 radical (unpaired) electrons. The lowest BCUT2D eigenvalue weighted by atomic mass is 10.3. The molecule has 1 aromatic rings. The number of aromatic nitrogens is 1. The van der Waals surface area contributed by atoms with Gasteiger partial charge in [0.2, 0.25) is 0 Å². The van der Waals surface area contributed by atoms with Crippen LogP contribution >= 0.6 is 11.8 Å². The maximum Gasteiger partial charge on any atom is 0.0351 e. The molecule has 0 atom stereocenters. The molecule has 0 aromatic carbocycles. The van der Waals surface area contributed by atoms with E-state index in [4.69, 9.17) is 0 Å². The highest BCUT2D eigenvalue weighted by Gasteiger charge is 1.94. The van der Waals surface area contributed by atoms with Crippen molar-refractivity contribution in [3.8, 4) is 0 Å². The number of hydrogen-bond donors (Lipinski definition) is 0. The van der Waals surface area contributed by atoms with Gasteiger partial charge >= 0.3 is 0 Å². The van der Waals surface area contributed by atoms with Gasteiger partial charge in [-0.3, -0.25) is 4.98 Å². The van der Waals surface area contributed by atoms with Crippen LogP contribution in [-0.2, 0) is 0 Å². The third kappa shape index (κ3) is 2.09. The number of thioether (sulfide) groups is 1. The van der Waals surface area contributed by atoms with E-state index in [9.17, 15) is 0 Å². The van der Waals surface area contributed by atoms with Gasteiger partial charge in [-0.05, 0) is 19.2 Å². The van der Waals surface area contributed by atoms with Crippen molar-refractivity contribution in [3.05, 3.63) is 30.1 Å². The molecule has 2 heteroatoms. The summed E-state index contributed by atoms with van der Waals surface area (Å²) in [5.74, 6) is 0. The summed E-state index contributed by atoms with van der Waals surface area (Å²) in [7, 11) is 0. The lowest BCUT2D eigenvalue weighted by Gasteiger charge is -1.99. The Hall–Kier alpha value is -0.760. The normalized spacial score (nSPS) is 10.7. The van der Waals surface area contributed by atoms with Crippen molar-refractivity contribution in [1.29, 1.82) is 0 Å². The minimum absolute atomic E-state index is 1.20. The molecular weight excluding hydrogens is 154 g/mol. The lowest BCUT2D eigenvalue weighted by Crippen LogP contribution is -1.79. The Balaban J connectivity index is 3.02. The van der Waals surface area contributed by atoms with E-state index in [2.05, 4.69) is 17.3 Å². The lowest BCUT2D eigenvalue weighted by molar-refractivity contribution is 1.24. The number of pyridine rings is 1. The second-order valence-electron chi connectivity index (χ2n) is 2.12. The minimum Gasteiger partial charge on any atom is -0.264 e. The Morgan fingerprint density at radius 1 is 1.55 bits per heavy atom. The van der Waals surface area contributed by atoms with E-state index in [0.29, 0.717) is 0 Å². The Bertz CT molecular complexity index is 255. The van der Waals surface area contributed by atoms with Crippen molar-refractivity contribution in [2.24, 2.45) is 0 Å². The van der Waals surface area contributed by atoms with Crippen LogP contribution in [0.5, 0.6) is 0 Å². The van der Waals surface area contributed by atoms with Crippen molar-refractivity contribution in [1.82, 2.24) is 4.98 Å². The van der Waals surface area contributed by atoms with Gasteiger partial charge in [-0.1, -0.05) is 12.2 Å². The summed E-state index contributed by atoms with van der Waals surface area (Å²) < 4.78 is 0. The molecule has 0 aliphatic carbocycles. The van der Waals surface area contributed by atoms with Crippen LogP contribution in [0.15, 0.2) is 29.4 Å². The largest absolute Gasteiger partial charge is 0.264 e. The SMILES string of the molecule is C/C=C/c1cnccc1SC. The van der Waals surface area contributed by atoms with Crippen molar-refractivity contribution in [2.45, 2.75) is 11.8 Å². The van der Waals surface area contributed by atoms with Gasteiger partial charge in [-0.25, -0.2) is 0 Å². The smallest absolute Gasteiger partial charge is 0.0351 e. The van der Waals surface area contributed by atoms with Gasteiger partial charge in [0.15, 0.2) is 0 Å². The van der Waals surface area contributed by atoms with Gasteiger partial charge in [-0.15, -0.1) is 11.8 Å². The topological polar surface area (TPSA) is 12.9 Å². The number of rotatable bonds is 2. The molecule has 58 valence electrons. The third-order valence-corrected chi connectivity index (χ3v) is 2.19. The molecule has 1 nitrogen and oxygen atoms in total. The Morgan fingerprint density at radius 2 is 2.36 bits per heavy atom. The van der Waals surface area contributed by atoms with Gasteiger partial charge in [0.05, 0.1) is 0 Å². The van der Waals surface area contributed by atoms with Crippen molar-refractivity contribution < 1.29 is 0 Å². The predicted octanol–water partition coefficient (Wildman–Crippen LogP) is 2.84. The molecular formula is C9H11NS. The summed E-state index contributed by atoms with van der Waals surface area (Å²) in [6.07, 6.45) is 9.86. The zero-order valence-electron chi connectivity index (χ0n) is 6.74. The van der Waals surface area contributed by atoms with Gasteiger partial charge in [0, 0.05) is 22.9 Å². The first-order valence-electron chi connectivity index (χ1n) is 3.49.